The van der Waals surface area contributed by atoms with E-state index in [1.54, 1.807) is 48.5 Å². The molecular formula is C46H59N7O7S. The van der Waals surface area contributed by atoms with Gasteiger partial charge in [-0.25, -0.2) is 0 Å². The number of carbonyl (C=O) groups is 5. The van der Waals surface area contributed by atoms with Crippen molar-refractivity contribution < 1.29 is 33.4 Å². The zero-order valence-electron chi connectivity index (χ0n) is 35.6. The van der Waals surface area contributed by atoms with E-state index in [9.17, 15) is 24.0 Å². The number of ether oxygens (including phenoxy) is 2. The first kappa shape index (κ1) is 47.8. The Labute approximate surface area is 363 Å². The van der Waals surface area contributed by atoms with Crippen molar-refractivity contribution in [3.8, 4) is 33.8 Å². The Morgan fingerprint density at radius 1 is 0.803 bits per heavy atom. The van der Waals surface area contributed by atoms with E-state index >= 15 is 0 Å². The predicted octanol–water partition coefficient (Wildman–Crippen LogP) is 4.54. The topological polar surface area (TPSA) is 207 Å². The van der Waals surface area contributed by atoms with Crippen LogP contribution in [0.3, 0.4) is 0 Å². The van der Waals surface area contributed by atoms with Gasteiger partial charge in [0.1, 0.15) is 36.8 Å². The maximum Gasteiger partial charge on any atom is 0.252 e. The minimum absolute atomic E-state index is 0.102. The zero-order chi connectivity index (χ0) is 44.3. The number of carbonyl (C=O) groups excluding carboxylic acids is 5. The molecule has 14 nitrogen and oxygen atoms in total. The standard InChI is InChI=1S/C46H59N7O7S/c1-6-7-8-32-9-12-34(13-10-32)35-14-16-36(17-15-35)45(57)49-28-43(55)53(4)31(3)37-18-20-42(60-24-22-48)39(27-37)38-25-33(11-19-41(38)59-23-21-47)26-40(46(58)52-61-5)51-44(56)30(2)50-29-54/h9-20,25,27,29-31,40H,6-8,21-24,26,28,47-48H2,1-5H3,(H,49,57)(H,50,54)(H,51,56)(H,52,58)/t30-,31?,40?/m0/s1. The highest BCUT2D eigenvalue weighted by Gasteiger charge is 2.26. The Kier molecular flexibility index (Phi) is 19.1. The number of likely N-dealkylation sites (N-methyl/N-ethyl adjacent to an activating group) is 1. The van der Waals surface area contributed by atoms with Gasteiger partial charge in [-0.05, 0) is 90.9 Å². The van der Waals surface area contributed by atoms with Gasteiger partial charge in [0.25, 0.3) is 11.8 Å². The van der Waals surface area contributed by atoms with Crippen LogP contribution in [0.1, 0.15) is 66.7 Å². The van der Waals surface area contributed by atoms with Gasteiger partial charge in [0.15, 0.2) is 0 Å². The molecule has 0 aliphatic rings. The number of nitrogens with one attached hydrogen (secondary N) is 4. The second kappa shape index (κ2) is 24.4. The van der Waals surface area contributed by atoms with Gasteiger partial charge in [-0.2, -0.15) is 0 Å². The molecule has 0 heterocycles. The summed E-state index contributed by atoms with van der Waals surface area (Å²) in [5, 5.41) is 7.90. The zero-order valence-corrected chi connectivity index (χ0v) is 36.4. The lowest BCUT2D eigenvalue weighted by Gasteiger charge is -2.27. The Morgan fingerprint density at radius 2 is 1.39 bits per heavy atom. The van der Waals surface area contributed by atoms with Crippen molar-refractivity contribution in [1.82, 2.24) is 25.6 Å². The molecule has 4 aromatic rings. The van der Waals surface area contributed by atoms with E-state index in [0.717, 1.165) is 47.9 Å². The van der Waals surface area contributed by atoms with E-state index in [4.69, 9.17) is 20.9 Å². The number of rotatable bonds is 24. The summed E-state index contributed by atoms with van der Waals surface area (Å²) in [7, 11) is 1.68. The summed E-state index contributed by atoms with van der Waals surface area (Å²) in [4.78, 5) is 65.2. The van der Waals surface area contributed by atoms with Gasteiger partial charge in [0.05, 0.1) is 12.6 Å². The third-order valence-electron chi connectivity index (χ3n) is 10.2. The number of aryl methyl sites for hydroxylation is 1. The summed E-state index contributed by atoms with van der Waals surface area (Å²) in [6.07, 6.45) is 5.58. The van der Waals surface area contributed by atoms with Gasteiger partial charge >= 0.3 is 0 Å². The van der Waals surface area contributed by atoms with Crippen LogP contribution in [0.5, 0.6) is 11.5 Å². The molecule has 0 saturated carbocycles. The maximum absolute atomic E-state index is 13.5. The smallest absolute Gasteiger partial charge is 0.252 e. The molecule has 0 fully saturated rings. The molecule has 2 unspecified atom stereocenters. The molecule has 0 saturated heterocycles. The molecule has 61 heavy (non-hydrogen) atoms. The normalized spacial score (nSPS) is 12.3. The Morgan fingerprint density at radius 3 is 1.98 bits per heavy atom. The molecule has 15 heteroatoms. The lowest BCUT2D eigenvalue weighted by Crippen LogP contribution is -2.51. The lowest BCUT2D eigenvalue weighted by molar-refractivity contribution is -0.130. The number of nitrogens with two attached hydrogens (primary N) is 2. The fourth-order valence-electron chi connectivity index (χ4n) is 6.49. The van der Waals surface area contributed by atoms with E-state index in [1.807, 2.05) is 37.3 Å². The molecule has 0 radical (unpaired) electrons. The fourth-order valence-corrected chi connectivity index (χ4v) is 6.84. The number of benzene rings is 4. The van der Waals surface area contributed by atoms with Crippen LogP contribution in [0.15, 0.2) is 84.9 Å². The summed E-state index contributed by atoms with van der Waals surface area (Å²) in [5.74, 6) is -0.602. The highest BCUT2D eigenvalue weighted by Crippen LogP contribution is 2.40. The molecule has 0 aliphatic carbocycles. The Bertz CT molecular complexity index is 2080. The van der Waals surface area contributed by atoms with Gasteiger partial charge in [-0.1, -0.05) is 73.8 Å². The third-order valence-corrected chi connectivity index (χ3v) is 10.6. The second-order valence-corrected chi connectivity index (χ2v) is 15.2. The average Bonchev–Trinajstić information content (AvgIpc) is 3.28. The van der Waals surface area contributed by atoms with E-state index in [1.165, 1.54) is 12.5 Å². The monoisotopic (exact) mass is 853 g/mol. The summed E-state index contributed by atoms with van der Waals surface area (Å²) < 4.78 is 14.9. The van der Waals surface area contributed by atoms with Gasteiger partial charge in [-0.15, -0.1) is 0 Å². The first-order chi connectivity index (χ1) is 29.4. The number of unbranched alkanes of at least 4 members (excludes halogenated alkanes) is 1. The molecule has 326 valence electrons. The SMILES string of the molecule is CCCCc1ccc(-c2ccc(C(=O)NCC(=O)N(C)C(C)c3ccc(OCCN)c(-c4cc(CC(NC(=O)[C@H](C)NC=O)C(=O)NSC)ccc4OCCN)c3)cc2)cc1. The lowest BCUT2D eigenvalue weighted by atomic mass is 9.94. The van der Waals surface area contributed by atoms with Crippen molar-refractivity contribution in [2.75, 3.05) is 46.2 Å². The van der Waals surface area contributed by atoms with Crippen LogP contribution in [-0.4, -0.2) is 93.2 Å². The molecule has 5 amide bonds. The Balaban J connectivity index is 1.55. The van der Waals surface area contributed by atoms with E-state index in [-0.39, 0.29) is 51.1 Å². The molecule has 0 aliphatic heterocycles. The maximum atomic E-state index is 13.5. The summed E-state index contributed by atoms with van der Waals surface area (Å²) >= 11 is 1.10. The van der Waals surface area contributed by atoms with Crippen molar-refractivity contribution >= 4 is 42.0 Å². The quantitative estimate of drug-likeness (QED) is 0.0429. The van der Waals surface area contributed by atoms with Crippen molar-refractivity contribution in [1.29, 1.82) is 0 Å². The van der Waals surface area contributed by atoms with Crippen LogP contribution in [0.2, 0.25) is 0 Å². The summed E-state index contributed by atoms with van der Waals surface area (Å²) in [5.41, 5.74) is 18.2. The molecule has 0 aromatic heterocycles. The Hall–Kier alpha value is -5.90. The predicted molar refractivity (Wildman–Crippen MR) is 241 cm³/mol. The highest BCUT2D eigenvalue weighted by molar-refractivity contribution is 7.97. The number of nitrogens with zero attached hydrogens (tertiary/aromatic N) is 1. The summed E-state index contributed by atoms with van der Waals surface area (Å²) in [6.45, 7) is 6.33. The molecule has 0 spiro atoms. The third kappa shape index (κ3) is 13.8. The van der Waals surface area contributed by atoms with E-state index < -0.39 is 29.9 Å². The van der Waals surface area contributed by atoms with E-state index in [2.05, 4.69) is 51.9 Å². The van der Waals surface area contributed by atoms with Crippen LogP contribution in [-0.2, 0) is 32.0 Å². The van der Waals surface area contributed by atoms with E-state index in [0.29, 0.717) is 40.2 Å². The number of hydrogen-bond donors (Lipinski definition) is 6. The largest absolute Gasteiger partial charge is 0.492 e. The molecule has 4 aromatic carbocycles. The van der Waals surface area contributed by atoms with Crippen molar-refractivity contribution in [3.63, 3.8) is 0 Å². The van der Waals surface area contributed by atoms with Crippen LogP contribution in [0.4, 0.5) is 0 Å². The minimum Gasteiger partial charge on any atom is -0.492 e. The molecule has 4 rings (SSSR count). The van der Waals surface area contributed by atoms with Crippen LogP contribution >= 0.6 is 11.9 Å². The van der Waals surface area contributed by atoms with Gasteiger partial charge in [-0.3, -0.25) is 28.7 Å². The van der Waals surface area contributed by atoms with Crippen molar-refractivity contribution in [2.45, 2.75) is 64.6 Å². The van der Waals surface area contributed by atoms with Crippen molar-refractivity contribution in [3.05, 3.63) is 107 Å². The van der Waals surface area contributed by atoms with Crippen LogP contribution in [0, 0.1) is 0 Å². The van der Waals surface area contributed by atoms with Crippen LogP contribution in [0.25, 0.3) is 22.3 Å². The molecule has 3 atom stereocenters. The first-order valence-electron chi connectivity index (χ1n) is 20.4. The second-order valence-electron chi connectivity index (χ2n) is 14.5. The molecular weight excluding hydrogens is 795 g/mol. The van der Waals surface area contributed by atoms with Gasteiger partial charge < -0.3 is 41.8 Å². The van der Waals surface area contributed by atoms with Gasteiger partial charge in [0.2, 0.25) is 18.2 Å². The number of amides is 5. The average molecular weight is 854 g/mol. The molecule has 0 bridgehead atoms. The van der Waals surface area contributed by atoms with Crippen LogP contribution < -0.4 is 41.6 Å². The highest BCUT2D eigenvalue weighted by atomic mass is 32.2. The van der Waals surface area contributed by atoms with Crippen molar-refractivity contribution in [2.24, 2.45) is 11.5 Å². The summed E-state index contributed by atoms with van der Waals surface area (Å²) in [6, 6.07) is 24.5. The fraction of sp³-hybridized carbons (Fsp3) is 0.370. The minimum atomic E-state index is -0.976. The number of hydrogen-bond acceptors (Lipinski definition) is 10. The first-order valence-corrected chi connectivity index (χ1v) is 21.7. The molecule has 8 N–H and O–H groups in total. The van der Waals surface area contributed by atoms with Gasteiger partial charge in [0, 0.05) is 49.5 Å².